The highest BCUT2D eigenvalue weighted by Gasteiger charge is 2.26. The van der Waals surface area contributed by atoms with Crippen molar-refractivity contribution in [2.45, 2.75) is 18.9 Å². The van der Waals surface area contributed by atoms with Gasteiger partial charge >= 0.3 is 18.0 Å². The zero-order chi connectivity index (χ0) is 15.1. The summed E-state index contributed by atoms with van der Waals surface area (Å²) in [4.78, 5) is 36.4. The van der Waals surface area contributed by atoms with Gasteiger partial charge in [-0.1, -0.05) is 0 Å². The second-order valence-electron chi connectivity index (χ2n) is 4.61. The van der Waals surface area contributed by atoms with Gasteiger partial charge in [-0.25, -0.2) is 9.59 Å². The number of methoxy groups -OCH3 is 1. The first kappa shape index (κ1) is 16.2. The zero-order valence-corrected chi connectivity index (χ0v) is 11.7. The molecule has 0 aromatic rings. The average molecular weight is 288 g/mol. The molecule has 8 heteroatoms. The number of aliphatic carboxylic acids is 1. The summed E-state index contributed by atoms with van der Waals surface area (Å²) < 4.78 is 9.69. The maximum Gasteiger partial charge on any atom is 0.329 e. The molecule has 1 aliphatic rings. The van der Waals surface area contributed by atoms with Crippen LogP contribution in [0.1, 0.15) is 12.8 Å². The van der Waals surface area contributed by atoms with E-state index in [2.05, 4.69) is 4.74 Å². The molecule has 8 nitrogen and oxygen atoms in total. The summed E-state index contributed by atoms with van der Waals surface area (Å²) in [7, 11) is 2.80. The molecule has 1 fully saturated rings. The summed E-state index contributed by atoms with van der Waals surface area (Å²) >= 11 is 0. The number of hydrogen-bond acceptors (Lipinski definition) is 5. The van der Waals surface area contributed by atoms with Crippen molar-refractivity contribution < 1.29 is 29.0 Å². The lowest BCUT2D eigenvalue weighted by atomic mass is 10.1. The van der Waals surface area contributed by atoms with Crippen molar-refractivity contribution in [3.63, 3.8) is 0 Å². The van der Waals surface area contributed by atoms with Gasteiger partial charge in [0, 0.05) is 20.1 Å². The van der Waals surface area contributed by atoms with Gasteiger partial charge in [-0.05, 0) is 12.8 Å². The molecule has 0 aromatic carbocycles. The predicted molar refractivity (Wildman–Crippen MR) is 68.2 cm³/mol. The summed E-state index contributed by atoms with van der Waals surface area (Å²) in [5.41, 5.74) is 0. The average Bonchev–Trinajstić information content (AvgIpc) is 2.44. The lowest BCUT2D eigenvalue weighted by molar-refractivity contribution is -0.145. The highest BCUT2D eigenvalue weighted by Crippen LogP contribution is 2.14. The van der Waals surface area contributed by atoms with E-state index in [9.17, 15) is 14.4 Å². The molecule has 1 saturated heterocycles. The monoisotopic (exact) mass is 288 g/mol. The van der Waals surface area contributed by atoms with Crippen molar-refractivity contribution in [2.75, 3.05) is 40.4 Å². The molecule has 1 heterocycles. The fourth-order valence-electron chi connectivity index (χ4n) is 1.97. The minimum atomic E-state index is -0.999. The molecule has 20 heavy (non-hydrogen) atoms. The fourth-order valence-corrected chi connectivity index (χ4v) is 1.97. The molecule has 1 rings (SSSR count). The Kier molecular flexibility index (Phi) is 6.23. The minimum absolute atomic E-state index is 0.0925. The molecular weight excluding hydrogens is 268 g/mol. The first-order valence-electron chi connectivity index (χ1n) is 6.34. The highest BCUT2D eigenvalue weighted by molar-refractivity contribution is 5.80. The van der Waals surface area contributed by atoms with E-state index in [1.54, 1.807) is 4.90 Å². The number of esters is 1. The first-order valence-corrected chi connectivity index (χ1v) is 6.34. The lowest BCUT2D eigenvalue weighted by Crippen LogP contribution is -2.48. The number of carboxylic acids is 1. The lowest BCUT2D eigenvalue weighted by Gasteiger charge is -2.34. The van der Waals surface area contributed by atoms with Crippen LogP contribution in [0.3, 0.4) is 0 Å². The van der Waals surface area contributed by atoms with E-state index >= 15 is 0 Å². The first-order chi connectivity index (χ1) is 9.43. The number of rotatable bonds is 5. The van der Waals surface area contributed by atoms with E-state index in [0.717, 1.165) is 0 Å². The molecule has 1 N–H and O–H groups in total. The Morgan fingerprint density at radius 3 is 2.40 bits per heavy atom. The number of likely N-dealkylation sites (N-methyl/N-ethyl adjacent to an activating group) is 1. The zero-order valence-electron chi connectivity index (χ0n) is 11.7. The quantitative estimate of drug-likeness (QED) is 0.702. The van der Waals surface area contributed by atoms with E-state index in [1.165, 1.54) is 19.1 Å². The third-order valence-electron chi connectivity index (χ3n) is 3.08. The summed E-state index contributed by atoms with van der Waals surface area (Å²) in [5, 5.41) is 8.52. The van der Waals surface area contributed by atoms with Crippen LogP contribution in [-0.2, 0) is 19.1 Å². The Bertz CT molecular complexity index is 365. The molecule has 114 valence electrons. The van der Waals surface area contributed by atoms with Crippen molar-refractivity contribution >= 4 is 18.0 Å². The fraction of sp³-hybridized carbons (Fsp3) is 0.750. The van der Waals surface area contributed by atoms with Crippen LogP contribution in [0.5, 0.6) is 0 Å². The summed E-state index contributed by atoms with van der Waals surface area (Å²) in [6, 6.07) is -0.243. The van der Waals surface area contributed by atoms with E-state index in [1.807, 2.05) is 0 Å². The number of hydrogen-bond donors (Lipinski definition) is 1. The molecule has 0 radical (unpaired) electrons. The molecule has 2 amide bonds. The van der Waals surface area contributed by atoms with Gasteiger partial charge in [0.05, 0.1) is 13.2 Å². The minimum Gasteiger partial charge on any atom is -0.480 e. The Morgan fingerprint density at radius 2 is 1.90 bits per heavy atom. The van der Waals surface area contributed by atoms with Gasteiger partial charge in [0.2, 0.25) is 0 Å². The molecule has 0 atom stereocenters. The SMILES string of the molecule is COC(=O)CN(C)C(=O)N1CCC(OCC(=O)O)CC1. The van der Waals surface area contributed by atoms with Crippen LogP contribution in [0.4, 0.5) is 4.79 Å². The molecular formula is C12H20N2O6. The maximum absolute atomic E-state index is 12.0. The molecule has 0 unspecified atom stereocenters. The van der Waals surface area contributed by atoms with Crippen molar-refractivity contribution in [1.82, 2.24) is 9.80 Å². The molecule has 0 aromatic heterocycles. The largest absolute Gasteiger partial charge is 0.480 e. The number of urea groups is 1. The third-order valence-corrected chi connectivity index (χ3v) is 3.08. The second kappa shape index (κ2) is 7.68. The Hall–Kier alpha value is -1.83. The summed E-state index contributed by atoms with van der Waals surface area (Å²) in [5.74, 6) is -1.47. The van der Waals surface area contributed by atoms with Gasteiger partial charge in [0.1, 0.15) is 13.2 Å². The number of ether oxygens (including phenoxy) is 2. The summed E-state index contributed by atoms with van der Waals surface area (Å²) in [6.07, 6.45) is 1.04. The maximum atomic E-state index is 12.0. The smallest absolute Gasteiger partial charge is 0.329 e. The van der Waals surface area contributed by atoms with E-state index in [4.69, 9.17) is 9.84 Å². The van der Waals surface area contributed by atoms with Crippen LogP contribution in [0.2, 0.25) is 0 Å². The molecule has 0 saturated carbocycles. The molecule has 0 aliphatic carbocycles. The third kappa shape index (κ3) is 5.04. The number of carbonyl (C=O) groups excluding carboxylic acids is 2. The number of piperidine rings is 1. The standard InChI is InChI=1S/C12H20N2O6/c1-13(7-11(17)19-2)12(18)14-5-3-9(4-6-14)20-8-10(15)16/h9H,3-8H2,1-2H3,(H,15,16). The Morgan fingerprint density at radius 1 is 1.30 bits per heavy atom. The molecule has 1 aliphatic heterocycles. The van der Waals surface area contributed by atoms with Crippen molar-refractivity contribution in [3.05, 3.63) is 0 Å². The van der Waals surface area contributed by atoms with Crippen LogP contribution in [0, 0.1) is 0 Å². The number of nitrogens with zero attached hydrogens (tertiary/aromatic N) is 2. The van der Waals surface area contributed by atoms with E-state index < -0.39 is 11.9 Å². The van der Waals surface area contributed by atoms with E-state index in [-0.39, 0.29) is 25.3 Å². The molecule has 0 spiro atoms. The van der Waals surface area contributed by atoms with Crippen LogP contribution < -0.4 is 0 Å². The van der Waals surface area contributed by atoms with Gasteiger partial charge in [0.25, 0.3) is 0 Å². The van der Waals surface area contributed by atoms with Gasteiger partial charge < -0.3 is 24.4 Å². The van der Waals surface area contributed by atoms with Gasteiger partial charge in [-0.2, -0.15) is 0 Å². The second-order valence-corrected chi connectivity index (χ2v) is 4.61. The topological polar surface area (TPSA) is 96.4 Å². The number of amides is 2. The van der Waals surface area contributed by atoms with Gasteiger partial charge in [-0.3, -0.25) is 4.79 Å². The number of likely N-dealkylation sites (tertiary alicyclic amines) is 1. The van der Waals surface area contributed by atoms with E-state index in [0.29, 0.717) is 25.9 Å². The van der Waals surface area contributed by atoms with Gasteiger partial charge in [0.15, 0.2) is 0 Å². The normalized spacial score (nSPS) is 15.8. The van der Waals surface area contributed by atoms with Crippen molar-refractivity contribution in [3.8, 4) is 0 Å². The highest BCUT2D eigenvalue weighted by atomic mass is 16.5. The van der Waals surface area contributed by atoms with Crippen molar-refractivity contribution in [2.24, 2.45) is 0 Å². The summed E-state index contributed by atoms with van der Waals surface area (Å²) in [6.45, 7) is 0.550. The number of carboxylic acid groups (broad SMARTS) is 1. The molecule has 0 bridgehead atoms. The number of carbonyl (C=O) groups is 3. The van der Waals surface area contributed by atoms with Crippen molar-refractivity contribution in [1.29, 1.82) is 0 Å². The van der Waals surface area contributed by atoms with Crippen LogP contribution in [-0.4, -0.2) is 79.4 Å². The Labute approximate surface area is 117 Å². The van der Waals surface area contributed by atoms with Gasteiger partial charge in [-0.15, -0.1) is 0 Å². The van der Waals surface area contributed by atoms with Crippen LogP contribution in [0.15, 0.2) is 0 Å². The predicted octanol–water partition coefficient (Wildman–Crippen LogP) is -0.223. The van der Waals surface area contributed by atoms with Crippen LogP contribution >= 0.6 is 0 Å². The Balaban J connectivity index is 2.35. The van der Waals surface area contributed by atoms with Crippen LogP contribution in [0.25, 0.3) is 0 Å².